The van der Waals surface area contributed by atoms with Crippen LogP contribution in [0.3, 0.4) is 0 Å². The Balaban J connectivity index is 1.83. The molecule has 24 heavy (non-hydrogen) atoms. The summed E-state index contributed by atoms with van der Waals surface area (Å²) in [5.41, 5.74) is 1.24. The van der Waals surface area contributed by atoms with Crippen LogP contribution in [0.25, 0.3) is 5.69 Å². The van der Waals surface area contributed by atoms with Gasteiger partial charge < -0.3 is 5.32 Å². The second-order valence-corrected chi connectivity index (χ2v) is 6.67. The van der Waals surface area contributed by atoms with Crippen molar-refractivity contribution < 1.29 is 13.2 Å². The molecule has 7 heteroatoms. The van der Waals surface area contributed by atoms with Gasteiger partial charge in [0.05, 0.1) is 16.9 Å². The molecule has 3 aromatic rings. The Kier molecular flexibility index (Phi) is 3.60. The van der Waals surface area contributed by atoms with Crippen molar-refractivity contribution in [3.05, 3.63) is 63.5 Å². The molecule has 0 unspecified atom stereocenters. The maximum Gasteiger partial charge on any atom is 0.418 e. The number of fused-ring (bicyclic) bond motifs is 1. The third kappa shape index (κ3) is 2.58. The summed E-state index contributed by atoms with van der Waals surface area (Å²) < 4.78 is 41.4. The molecule has 0 saturated carbocycles. The zero-order valence-electron chi connectivity index (χ0n) is 12.6. The number of rotatable bonds is 3. The molecule has 2 aromatic heterocycles. The maximum absolute atomic E-state index is 13.3. The van der Waals surface area contributed by atoms with Gasteiger partial charge in [-0.2, -0.15) is 18.3 Å². The molecule has 1 aromatic carbocycles. The van der Waals surface area contributed by atoms with Crippen molar-refractivity contribution in [2.24, 2.45) is 0 Å². The summed E-state index contributed by atoms with van der Waals surface area (Å²) >= 11 is 1.63. The number of hydrogen-bond acceptors (Lipinski definition) is 3. The van der Waals surface area contributed by atoms with Crippen molar-refractivity contribution in [2.45, 2.75) is 19.0 Å². The van der Waals surface area contributed by atoms with E-state index in [-0.39, 0.29) is 5.69 Å². The Morgan fingerprint density at radius 1 is 1.17 bits per heavy atom. The first kappa shape index (κ1) is 15.3. The highest BCUT2D eigenvalue weighted by Crippen LogP contribution is 2.37. The molecule has 1 aliphatic rings. The monoisotopic (exact) mass is 349 g/mol. The fourth-order valence-corrected chi connectivity index (χ4v) is 3.75. The molecule has 0 fully saturated rings. The topological polar surface area (TPSA) is 29.9 Å². The lowest BCUT2D eigenvalue weighted by atomic mass is 10.1. The van der Waals surface area contributed by atoms with Crippen LogP contribution in [0.2, 0.25) is 0 Å². The average molecular weight is 349 g/mol. The summed E-state index contributed by atoms with van der Waals surface area (Å²) in [5.74, 6) is 0.679. The first-order valence-electron chi connectivity index (χ1n) is 7.57. The van der Waals surface area contributed by atoms with Crippen molar-refractivity contribution in [3.63, 3.8) is 0 Å². The molecular formula is C17H14F3N3S. The van der Waals surface area contributed by atoms with Crippen molar-refractivity contribution >= 4 is 17.2 Å². The largest absolute Gasteiger partial charge is 0.418 e. The smallest absolute Gasteiger partial charge is 0.369 e. The number of para-hydroxylation sites is 1. The van der Waals surface area contributed by atoms with Crippen molar-refractivity contribution in [1.29, 1.82) is 0 Å². The van der Waals surface area contributed by atoms with E-state index in [2.05, 4.69) is 10.4 Å². The highest BCUT2D eigenvalue weighted by atomic mass is 32.1. The van der Waals surface area contributed by atoms with E-state index in [0.717, 1.165) is 35.2 Å². The van der Waals surface area contributed by atoms with Gasteiger partial charge in [-0.1, -0.05) is 18.2 Å². The second-order valence-electron chi connectivity index (χ2n) is 5.63. The number of nitrogens with zero attached hydrogens (tertiary/aromatic N) is 2. The van der Waals surface area contributed by atoms with E-state index in [4.69, 9.17) is 0 Å². The average Bonchev–Trinajstić information content (AvgIpc) is 3.26. The molecular weight excluding hydrogens is 335 g/mol. The Morgan fingerprint density at radius 2 is 2.00 bits per heavy atom. The SMILES string of the molecule is FC(F)(F)c1ccccc1-n1nc(Cc2cccs2)c2c1NCC2. The molecule has 3 heterocycles. The lowest BCUT2D eigenvalue weighted by Gasteiger charge is -2.14. The van der Waals surface area contributed by atoms with E-state index in [0.29, 0.717) is 12.2 Å². The van der Waals surface area contributed by atoms with E-state index in [9.17, 15) is 13.2 Å². The molecule has 0 aliphatic carbocycles. The van der Waals surface area contributed by atoms with E-state index in [1.54, 1.807) is 17.4 Å². The van der Waals surface area contributed by atoms with Crippen LogP contribution in [0.1, 0.15) is 21.7 Å². The van der Waals surface area contributed by atoms with Gasteiger partial charge in [0.1, 0.15) is 5.82 Å². The number of benzene rings is 1. The predicted molar refractivity (Wildman–Crippen MR) is 87.9 cm³/mol. The number of hydrogen-bond donors (Lipinski definition) is 1. The minimum Gasteiger partial charge on any atom is -0.369 e. The van der Waals surface area contributed by atoms with Crippen LogP contribution < -0.4 is 5.32 Å². The maximum atomic E-state index is 13.3. The molecule has 3 nitrogen and oxygen atoms in total. The minimum atomic E-state index is -4.41. The lowest BCUT2D eigenvalue weighted by molar-refractivity contribution is -0.137. The third-order valence-corrected chi connectivity index (χ3v) is 4.97. The molecule has 0 saturated heterocycles. The van der Waals surface area contributed by atoms with Crippen molar-refractivity contribution in [1.82, 2.24) is 9.78 Å². The molecule has 124 valence electrons. The Morgan fingerprint density at radius 3 is 2.75 bits per heavy atom. The number of aromatic nitrogens is 2. The normalized spacial score (nSPS) is 13.8. The molecule has 1 N–H and O–H groups in total. The molecule has 1 aliphatic heterocycles. The highest BCUT2D eigenvalue weighted by molar-refractivity contribution is 7.09. The van der Waals surface area contributed by atoms with Crippen LogP contribution in [-0.4, -0.2) is 16.3 Å². The fourth-order valence-electron chi connectivity index (χ4n) is 3.04. The van der Waals surface area contributed by atoms with E-state index in [1.807, 2.05) is 17.5 Å². The first-order chi connectivity index (χ1) is 11.5. The summed E-state index contributed by atoms with van der Waals surface area (Å²) in [6.07, 6.45) is -2.99. The standard InChI is InChI=1S/C17H14F3N3S/c18-17(19,20)13-5-1-2-6-15(13)23-16-12(7-8-21-16)14(22-23)10-11-4-3-9-24-11/h1-6,9,21H,7-8,10H2. The second kappa shape index (κ2) is 5.66. The zero-order chi connectivity index (χ0) is 16.7. The highest BCUT2D eigenvalue weighted by Gasteiger charge is 2.35. The summed E-state index contributed by atoms with van der Waals surface area (Å²) in [6.45, 7) is 0.721. The quantitative estimate of drug-likeness (QED) is 0.754. The molecule has 0 amide bonds. The molecule has 0 bridgehead atoms. The van der Waals surface area contributed by atoms with Gasteiger partial charge in [0.15, 0.2) is 0 Å². The van der Waals surface area contributed by atoms with Gasteiger partial charge in [-0.15, -0.1) is 11.3 Å². The van der Waals surface area contributed by atoms with Gasteiger partial charge in [-0.3, -0.25) is 0 Å². The van der Waals surface area contributed by atoms with Crippen LogP contribution in [0, 0.1) is 0 Å². The molecule has 4 rings (SSSR count). The van der Waals surface area contributed by atoms with E-state index >= 15 is 0 Å². The van der Waals surface area contributed by atoms with Crippen molar-refractivity contribution in [3.8, 4) is 5.69 Å². The first-order valence-corrected chi connectivity index (χ1v) is 8.45. The van der Waals surface area contributed by atoms with E-state index < -0.39 is 11.7 Å². The van der Waals surface area contributed by atoms with Gasteiger partial charge in [-0.05, 0) is 30.0 Å². The summed E-state index contributed by atoms with van der Waals surface area (Å²) in [5, 5.41) is 9.68. The van der Waals surface area contributed by atoms with Gasteiger partial charge in [-0.25, -0.2) is 4.68 Å². The number of anilines is 1. The third-order valence-electron chi connectivity index (χ3n) is 4.09. The Labute approximate surface area is 140 Å². The zero-order valence-corrected chi connectivity index (χ0v) is 13.4. The van der Waals surface area contributed by atoms with Crippen molar-refractivity contribution in [2.75, 3.05) is 11.9 Å². The van der Waals surface area contributed by atoms with Gasteiger partial charge in [0, 0.05) is 23.4 Å². The summed E-state index contributed by atoms with van der Waals surface area (Å²) in [7, 11) is 0. The number of halogens is 3. The number of alkyl halides is 3. The summed E-state index contributed by atoms with van der Waals surface area (Å²) in [4.78, 5) is 1.15. The molecule has 0 spiro atoms. The van der Waals surface area contributed by atoms with Crippen LogP contribution in [0.5, 0.6) is 0 Å². The van der Waals surface area contributed by atoms with Gasteiger partial charge in [0.2, 0.25) is 0 Å². The molecule has 0 atom stereocenters. The van der Waals surface area contributed by atoms with Crippen LogP contribution in [0.15, 0.2) is 41.8 Å². The minimum absolute atomic E-state index is 0.0630. The molecule has 0 radical (unpaired) electrons. The predicted octanol–water partition coefficient (Wildman–Crippen LogP) is 4.51. The fraction of sp³-hybridized carbons (Fsp3) is 0.235. The number of thiophene rings is 1. The lowest BCUT2D eigenvalue weighted by Crippen LogP contribution is -2.13. The summed E-state index contributed by atoms with van der Waals surface area (Å²) in [6, 6.07) is 9.54. The van der Waals surface area contributed by atoms with Crippen LogP contribution in [-0.2, 0) is 19.0 Å². The van der Waals surface area contributed by atoms with Gasteiger partial charge >= 0.3 is 6.18 Å². The number of nitrogens with one attached hydrogen (secondary N) is 1. The van der Waals surface area contributed by atoms with Crippen LogP contribution >= 0.6 is 11.3 Å². The Hall–Kier alpha value is -2.28. The Bertz CT molecular complexity index is 866. The van der Waals surface area contributed by atoms with E-state index in [1.165, 1.54) is 16.8 Å². The van der Waals surface area contributed by atoms with Gasteiger partial charge in [0.25, 0.3) is 0 Å². The van der Waals surface area contributed by atoms with Crippen LogP contribution in [0.4, 0.5) is 19.0 Å².